The fraction of sp³-hybridized carbons (Fsp3) is 0.533. The molecular weight excluding hydrogens is 268 g/mol. The molecule has 0 aliphatic carbocycles. The molecule has 2 aromatic rings. The van der Waals surface area contributed by atoms with E-state index in [1.165, 1.54) is 6.42 Å². The third-order valence-electron chi connectivity index (χ3n) is 3.79. The van der Waals surface area contributed by atoms with Gasteiger partial charge in [0.15, 0.2) is 0 Å². The Bertz CT molecular complexity index is 579. The number of thiazole rings is 1. The number of aromatic nitrogens is 1. The molecule has 0 saturated heterocycles. The Morgan fingerprint density at radius 1 is 1.45 bits per heavy atom. The van der Waals surface area contributed by atoms with Crippen molar-refractivity contribution >= 4 is 32.9 Å². The molecule has 1 atom stereocenters. The second kappa shape index (κ2) is 6.41. The highest BCUT2D eigenvalue weighted by Gasteiger charge is 2.08. The number of hydrogen-bond acceptors (Lipinski definition) is 5. The molecule has 0 fully saturated rings. The molecule has 1 unspecified atom stereocenters. The van der Waals surface area contributed by atoms with E-state index < -0.39 is 0 Å². The van der Waals surface area contributed by atoms with Crippen LogP contribution in [0.4, 0.5) is 11.4 Å². The van der Waals surface area contributed by atoms with Gasteiger partial charge in [0.25, 0.3) is 0 Å². The molecule has 0 aliphatic heterocycles. The molecule has 2 rings (SSSR count). The van der Waals surface area contributed by atoms with Crippen molar-refractivity contribution in [3.63, 3.8) is 0 Å². The molecule has 0 bridgehead atoms. The number of benzene rings is 1. The summed E-state index contributed by atoms with van der Waals surface area (Å²) in [5.41, 5.74) is 8.91. The van der Waals surface area contributed by atoms with E-state index in [9.17, 15) is 0 Å². The first-order valence-corrected chi connectivity index (χ1v) is 7.93. The van der Waals surface area contributed by atoms with Crippen molar-refractivity contribution in [1.29, 1.82) is 0 Å². The van der Waals surface area contributed by atoms with E-state index in [1.54, 1.807) is 11.3 Å². The molecule has 20 heavy (non-hydrogen) atoms. The number of nitrogens with one attached hydrogen (secondary N) is 1. The average Bonchev–Trinajstić information content (AvgIpc) is 2.76. The van der Waals surface area contributed by atoms with Gasteiger partial charge in [-0.05, 0) is 39.4 Å². The molecule has 0 spiro atoms. The molecule has 110 valence electrons. The van der Waals surface area contributed by atoms with Gasteiger partial charge in [-0.2, -0.15) is 0 Å². The minimum atomic E-state index is 0.609. The molecule has 0 radical (unpaired) electrons. The van der Waals surface area contributed by atoms with Gasteiger partial charge in [0.2, 0.25) is 0 Å². The van der Waals surface area contributed by atoms with Gasteiger partial charge in [0.05, 0.1) is 26.6 Å². The van der Waals surface area contributed by atoms with Crippen molar-refractivity contribution in [1.82, 2.24) is 9.88 Å². The summed E-state index contributed by atoms with van der Waals surface area (Å²) in [4.78, 5) is 6.87. The van der Waals surface area contributed by atoms with Gasteiger partial charge in [-0.25, -0.2) is 4.98 Å². The second-order valence-electron chi connectivity index (χ2n) is 5.30. The summed E-state index contributed by atoms with van der Waals surface area (Å²) in [6.45, 7) is 8.38. The van der Waals surface area contributed by atoms with Gasteiger partial charge < -0.3 is 16.0 Å². The Balaban J connectivity index is 2.00. The quantitative estimate of drug-likeness (QED) is 0.802. The first kappa shape index (κ1) is 15.1. The van der Waals surface area contributed by atoms with Gasteiger partial charge >= 0.3 is 0 Å². The molecule has 0 aliphatic rings. The predicted octanol–water partition coefficient (Wildman–Crippen LogP) is 3.33. The zero-order valence-electron chi connectivity index (χ0n) is 12.7. The van der Waals surface area contributed by atoms with E-state index in [4.69, 9.17) is 5.73 Å². The first-order valence-electron chi connectivity index (χ1n) is 7.12. The lowest BCUT2D eigenvalue weighted by Gasteiger charge is -2.23. The lowest BCUT2D eigenvalue weighted by atomic mass is 10.2. The van der Waals surface area contributed by atoms with E-state index in [1.807, 2.05) is 13.0 Å². The second-order valence-corrected chi connectivity index (χ2v) is 6.54. The van der Waals surface area contributed by atoms with Gasteiger partial charge in [0, 0.05) is 19.1 Å². The summed E-state index contributed by atoms with van der Waals surface area (Å²) >= 11 is 1.68. The molecule has 1 aromatic heterocycles. The molecule has 4 nitrogen and oxygen atoms in total. The topological polar surface area (TPSA) is 54.2 Å². The van der Waals surface area contributed by atoms with Crippen LogP contribution in [0.15, 0.2) is 12.1 Å². The van der Waals surface area contributed by atoms with Gasteiger partial charge in [-0.15, -0.1) is 11.3 Å². The monoisotopic (exact) mass is 292 g/mol. The number of anilines is 2. The maximum atomic E-state index is 6.10. The average molecular weight is 292 g/mol. The lowest BCUT2D eigenvalue weighted by molar-refractivity contribution is 0.261. The number of fused-ring (bicyclic) bond motifs is 1. The first-order chi connectivity index (χ1) is 9.51. The Morgan fingerprint density at radius 3 is 2.90 bits per heavy atom. The van der Waals surface area contributed by atoms with Crippen LogP contribution in [0, 0.1) is 6.92 Å². The molecule has 3 N–H and O–H groups in total. The van der Waals surface area contributed by atoms with Crippen LogP contribution in [0.5, 0.6) is 0 Å². The standard InChI is InChI=1S/C15H24N4S/c1-5-10(2)19(4)7-6-17-13-9-14-15(8-12(13)16)20-11(3)18-14/h8-10,17H,5-7,16H2,1-4H3. The van der Waals surface area contributed by atoms with Gasteiger partial charge in [-0.1, -0.05) is 6.92 Å². The summed E-state index contributed by atoms with van der Waals surface area (Å²) in [5, 5.41) is 4.50. The van der Waals surface area contributed by atoms with Crippen molar-refractivity contribution in [2.45, 2.75) is 33.2 Å². The lowest BCUT2D eigenvalue weighted by Crippen LogP contribution is -2.32. The molecular formula is C15H24N4S. The Morgan fingerprint density at radius 2 is 2.20 bits per heavy atom. The maximum absolute atomic E-state index is 6.10. The molecule has 0 amide bonds. The van der Waals surface area contributed by atoms with E-state index in [0.29, 0.717) is 6.04 Å². The number of nitrogens with zero attached hydrogens (tertiary/aromatic N) is 2. The van der Waals surface area contributed by atoms with Crippen molar-refractivity contribution < 1.29 is 0 Å². The number of nitrogens with two attached hydrogens (primary N) is 1. The van der Waals surface area contributed by atoms with Crippen LogP contribution in [0.25, 0.3) is 10.2 Å². The zero-order valence-corrected chi connectivity index (χ0v) is 13.5. The number of hydrogen-bond donors (Lipinski definition) is 2. The third-order valence-corrected chi connectivity index (χ3v) is 4.72. The third kappa shape index (κ3) is 3.41. The Kier molecular flexibility index (Phi) is 4.83. The molecule has 5 heteroatoms. The predicted molar refractivity (Wildman–Crippen MR) is 89.6 cm³/mol. The highest BCUT2D eigenvalue weighted by Crippen LogP contribution is 2.29. The van der Waals surface area contributed by atoms with Crippen LogP contribution in [0.2, 0.25) is 0 Å². The van der Waals surface area contributed by atoms with Crippen LogP contribution in [0.3, 0.4) is 0 Å². The summed E-state index contributed by atoms with van der Waals surface area (Å²) in [6, 6.07) is 4.68. The maximum Gasteiger partial charge on any atom is 0.0907 e. The summed E-state index contributed by atoms with van der Waals surface area (Å²) < 4.78 is 1.15. The number of aryl methyl sites for hydroxylation is 1. The highest BCUT2D eigenvalue weighted by molar-refractivity contribution is 7.18. The molecule has 0 saturated carbocycles. The van der Waals surface area contributed by atoms with Crippen molar-refractivity contribution in [3.8, 4) is 0 Å². The smallest absolute Gasteiger partial charge is 0.0907 e. The van der Waals surface area contributed by atoms with E-state index in [2.05, 4.69) is 42.2 Å². The van der Waals surface area contributed by atoms with E-state index in [0.717, 1.165) is 39.7 Å². The number of likely N-dealkylation sites (N-methyl/N-ethyl adjacent to an activating group) is 1. The van der Waals surface area contributed by atoms with Crippen molar-refractivity contribution in [2.24, 2.45) is 0 Å². The Hall–Kier alpha value is -1.33. The minimum absolute atomic E-state index is 0.609. The molecule has 1 aromatic carbocycles. The van der Waals surface area contributed by atoms with Crippen LogP contribution in [-0.2, 0) is 0 Å². The number of rotatable bonds is 6. The fourth-order valence-corrected chi connectivity index (χ4v) is 3.01. The fourth-order valence-electron chi connectivity index (χ4n) is 2.16. The normalized spacial score (nSPS) is 13.1. The van der Waals surface area contributed by atoms with Gasteiger partial charge in [0.1, 0.15) is 0 Å². The summed E-state index contributed by atoms with van der Waals surface area (Å²) in [7, 11) is 2.16. The number of nitrogen functional groups attached to an aromatic ring is 1. The van der Waals surface area contributed by atoms with Crippen molar-refractivity contribution in [3.05, 3.63) is 17.1 Å². The summed E-state index contributed by atoms with van der Waals surface area (Å²) in [6.07, 6.45) is 1.17. The van der Waals surface area contributed by atoms with E-state index >= 15 is 0 Å². The van der Waals surface area contributed by atoms with Crippen molar-refractivity contribution in [2.75, 3.05) is 31.2 Å². The Labute approximate surface area is 125 Å². The van der Waals surface area contributed by atoms with E-state index in [-0.39, 0.29) is 0 Å². The van der Waals surface area contributed by atoms with Crippen LogP contribution < -0.4 is 11.1 Å². The van der Waals surface area contributed by atoms with Gasteiger partial charge in [-0.3, -0.25) is 0 Å². The minimum Gasteiger partial charge on any atom is -0.397 e. The SMILES string of the molecule is CCC(C)N(C)CCNc1cc2nc(C)sc2cc1N. The molecule has 1 heterocycles. The zero-order chi connectivity index (χ0) is 14.7. The van der Waals surface area contributed by atoms with Crippen LogP contribution in [-0.4, -0.2) is 36.1 Å². The van der Waals surface area contributed by atoms with Crippen LogP contribution in [0.1, 0.15) is 25.3 Å². The van der Waals surface area contributed by atoms with Crippen LogP contribution >= 0.6 is 11.3 Å². The summed E-state index contributed by atoms with van der Waals surface area (Å²) in [5.74, 6) is 0. The largest absolute Gasteiger partial charge is 0.397 e. The highest BCUT2D eigenvalue weighted by atomic mass is 32.1.